The molecule has 5 rings (SSSR count). The van der Waals surface area contributed by atoms with Crippen molar-refractivity contribution in [1.29, 1.82) is 0 Å². The summed E-state index contributed by atoms with van der Waals surface area (Å²) < 4.78 is 34.1. The third kappa shape index (κ3) is 4.03. The minimum absolute atomic E-state index is 0.0490. The number of aliphatic hydroxyl groups is 1. The van der Waals surface area contributed by atoms with Crippen molar-refractivity contribution in [1.82, 2.24) is 9.29 Å². The molecule has 2 N–H and O–H groups in total. The molecule has 1 aromatic heterocycles. The van der Waals surface area contributed by atoms with Gasteiger partial charge in [-0.1, -0.05) is 11.8 Å². The fourth-order valence-corrected chi connectivity index (χ4v) is 6.50. The summed E-state index contributed by atoms with van der Waals surface area (Å²) in [6.45, 7) is 0.312. The molecule has 3 heterocycles. The Hall–Kier alpha value is -3.38. The fourth-order valence-electron chi connectivity index (χ4n) is 4.83. The number of anilines is 1. The monoisotopic (exact) mass is 475 g/mol. The van der Waals surface area contributed by atoms with Gasteiger partial charge in [0.2, 0.25) is 10.0 Å². The van der Waals surface area contributed by atoms with Gasteiger partial charge in [-0.3, -0.25) is 4.98 Å². The van der Waals surface area contributed by atoms with Gasteiger partial charge in [-0.15, -0.1) is 0 Å². The van der Waals surface area contributed by atoms with E-state index in [-0.39, 0.29) is 29.5 Å². The molecule has 0 amide bonds. The van der Waals surface area contributed by atoms with Crippen molar-refractivity contribution in [3.05, 3.63) is 83.7 Å². The van der Waals surface area contributed by atoms with Gasteiger partial charge in [0.1, 0.15) is 5.75 Å². The van der Waals surface area contributed by atoms with E-state index < -0.39 is 10.0 Å². The Labute approximate surface area is 199 Å². The number of benzene rings is 2. The lowest BCUT2D eigenvalue weighted by Crippen LogP contribution is -2.42. The predicted octanol–water partition coefficient (Wildman–Crippen LogP) is 3.03. The second kappa shape index (κ2) is 9.11. The quantitative estimate of drug-likeness (QED) is 0.564. The van der Waals surface area contributed by atoms with Gasteiger partial charge >= 0.3 is 0 Å². The first-order valence-corrected chi connectivity index (χ1v) is 12.5. The number of nitrogens with one attached hydrogen (secondary N) is 1. The van der Waals surface area contributed by atoms with Gasteiger partial charge in [0.05, 0.1) is 30.7 Å². The number of ether oxygens (including phenoxy) is 1. The molecule has 174 valence electrons. The van der Waals surface area contributed by atoms with E-state index in [4.69, 9.17) is 4.74 Å². The zero-order valence-electron chi connectivity index (χ0n) is 18.7. The lowest BCUT2D eigenvalue weighted by molar-refractivity contribution is 0.210. The van der Waals surface area contributed by atoms with Crippen molar-refractivity contribution < 1.29 is 18.3 Å². The van der Waals surface area contributed by atoms with Crippen LogP contribution in [0.2, 0.25) is 0 Å². The number of hydrogen-bond acceptors (Lipinski definition) is 6. The summed E-state index contributed by atoms with van der Waals surface area (Å²) in [4.78, 5) is 4.31. The van der Waals surface area contributed by atoms with Crippen LogP contribution in [-0.4, -0.2) is 49.1 Å². The number of hydrogen-bond donors (Lipinski definition) is 2. The molecular formula is C26H25N3O4S. The minimum Gasteiger partial charge on any atom is -0.497 e. The fraction of sp³-hybridized carbons (Fsp3) is 0.269. The molecule has 0 unspecified atom stereocenters. The Balaban J connectivity index is 1.54. The second-order valence-corrected chi connectivity index (χ2v) is 10.3. The smallest absolute Gasteiger partial charge is 0.243 e. The van der Waals surface area contributed by atoms with Gasteiger partial charge in [0.15, 0.2) is 0 Å². The number of methoxy groups -OCH3 is 1. The summed E-state index contributed by atoms with van der Waals surface area (Å²) in [5.74, 6) is 6.82. The topological polar surface area (TPSA) is 91.8 Å². The molecule has 2 aliphatic rings. The summed E-state index contributed by atoms with van der Waals surface area (Å²) >= 11 is 0. The van der Waals surface area contributed by atoms with Crippen LogP contribution in [0.15, 0.2) is 71.9 Å². The van der Waals surface area contributed by atoms with E-state index in [1.54, 1.807) is 48.1 Å². The zero-order valence-corrected chi connectivity index (χ0v) is 19.5. The lowest BCUT2D eigenvalue weighted by atomic mass is 9.83. The van der Waals surface area contributed by atoms with Crippen molar-refractivity contribution in [2.45, 2.75) is 23.4 Å². The van der Waals surface area contributed by atoms with E-state index in [2.05, 4.69) is 22.1 Å². The number of aliphatic hydroxyl groups excluding tert-OH is 1. The Morgan fingerprint density at radius 3 is 2.65 bits per heavy atom. The third-order valence-corrected chi connectivity index (χ3v) is 8.40. The standard InChI is InChI=1S/C26H25N3O4S/c1-33-20-7-9-21(10-8-20)34(31,32)29-14-12-22-25(17-30)28-24-11-6-18(15-23(24)26(22)29)4-5-19-3-2-13-27-16-19/h2-3,6-11,13,15-16,22,25-26,28,30H,12,14,17H2,1H3/t22-,25-,26-/m0/s1. The Morgan fingerprint density at radius 2 is 1.94 bits per heavy atom. The van der Waals surface area contributed by atoms with Gasteiger partial charge in [-0.05, 0) is 66.6 Å². The van der Waals surface area contributed by atoms with Crippen LogP contribution in [0.1, 0.15) is 29.2 Å². The first-order chi connectivity index (χ1) is 16.5. The summed E-state index contributed by atoms with van der Waals surface area (Å²) in [6, 6.07) is 15.3. The van der Waals surface area contributed by atoms with Crippen molar-refractivity contribution in [3.8, 4) is 17.6 Å². The second-order valence-electron chi connectivity index (χ2n) is 8.42. The van der Waals surface area contributed by atoms with Gasteiger partial charge < -0.3 is 15.2 Å². The number of sulfonamides is 1. The largest absolute Gasteiger partial charge is 0.497 e. The molecule has 7 nitrogen and oxygen atoms in total. The molecule has 2 aromatic carbocycles. The van der Waals surface area contributed by atoms with Crippen LogP contribution in [0.3, 0.4) is 0 Å². The number of aromatic nitrogens is 1. The average molecular weight is 476 g/mol. The molecule has 0 saturated carbocycles. The summed E-state index contributed by atoms with van der Waals surface area (Å²) in [5, 5.41) is 13.4. The highest BCUT2D eigenvalue weighted by atomic mass is 32.2. The number of fused-ring (bicyclic) bond motifs is 3. The summed E-state index contributed by atoms with van der Waals surface area (Å²) in [5.41, 5.74) is 3.30. The zero-order chi connectivity index (χ0) is 23.7. The maximum atomic E-state index is 13.7. The van der Waals surface area contributed by atoms with E-state index >= 15 is 0 Å². The molecule has 0 spiro atoms. The summed E-state index contributed by atoms with van der Waals surface area (Å²) in [6.07, 6.45) is 4.06. The van der Waals surface area contributed by atoms with E-state index in [1.807, 2.05) is 30.3 Å². The van der Waals surface area contributed by atoms with Crippen LogP contribution in [0.4, 0.5) is 5.69 Å². The highest BCUT2D eigenvalue weighted by Gasteiger charge is 2.48. The Bertz CT molecular complexity index is 1350. The average Bonchev–Trinajstić information content (AvgIpc) is 3.34. The maximum absolute atomic E-state index is 13.7. The molecule has 2 aliphatic heterocycles. The van der Waals surface area contributed by atoms with Crippen molar-refractivity contribution >= 4 is 15.7 Å². The van der Waals surface area contributed by atoms with Gasteiger partial charge in [0, 0.05) is 41.7 Å². The van der Waals surface area contributed by atoms with E-state index in [1.165, 1.54) is 0 Å². The van der Waals surface area contributed by atoms with Crippen LogP contribution in [0.25, 0.3) is 0 Å². The normalized spacial score (nSPS) is 21.5. The van der Waals surface area contributed by atoms with E-state index in [9.17, 15) is 13.5 Å². The SMILES string of the molecule is COc1ccc(S(=O)(=O)N2CC[C@H]3[C@H](CO)Nc4ccc(C#Cc5cccnc5)cc4[C@H]32)cc1. The van der Waals surface area contributed by atoms with Gasteiger partial charge in [0.25, 0.3) is 0 Å². The van der Waals surface area contributed by atoms with Crippen LogP contribution >= 0.6 is 0 Å². The lowest BCUT2D eigenvalue weighted by Gasteiger charge is -2.38. The molecule has 3 aromatic rings. The number of rotatable bonds is 4. The molecule has 34 heavy (non-hydrogen) atoms. The first kappa shape index (κ1) is 22.4. The Morgan fingerprint density at radius 1 is 1.15 bits per heavy atom. The molecule has 1 saturated heterocycles. The first-order valence-electron chi connectivity index (χ1n) is 11.1. The number of nitrogens with zero attached hydrogens (tertiary/aromatic N) is 2. The van der Waals surface area contributed by atoms with E-state index in [0.717, 1.165) is 22.4 Å². The van der Waals surface area contributed by atoms with Crippen molar-refractivity contribution in [2.75, 3.05) is 25.6 Å². The van der Waals surface area contributed by atoms with Crippen LogP contribution in [0, 0.1) is 17.8 Å². The third-order valence-electron chi connectivity index (χ3n) is 6.50. The highest BCUT2D eigenvalue weighted by molar-refractivity contribution is 7.89. The minimum atomic E-state index is -3.75. The highest BCUT2D eigenvalue weighted by Crippen LogP contribution is 2.48. The molecule has 0 radical (unpaired) electrons. The van der Waals surface area contributed by atoms with Gasteiger partial charge in [-0.25, -0.2) is 8.42 Å². The molecule has 8 heteroatoms. The van der Waals surface area contributed by atoms with Gasteiger partial charge in [-0.2, -0.15) is 4.31 Å². The molecule has 0 aliphatic carbocycles. The molecule has 1 fully saturated rings. The van der Waals surface area contributed by atoms with Crippen LogP contribution in [0.5, 0.6) is 5.75 Å². The molecule has 0 bridgehead atoms. The van der Waals surface area contributed by atoms with Crippen LogP contribution < -0.4 is 10.1 Å². The number of pyridine rings is 1. The van der Waals surface area contributed by atoms with Crippen molar-refractivity contribution in [2.24, 2.45) is 5.92 Å². The predicted molar refractivity (Wildman–Crippen MR) is 129 cm³/mol. The maximum Gasteiger partial charge on any atom is 0.243 e. The molecule has 3 atom stereocenters. The summed E-state index contributed by atoms with van der Waals surface area (Å²) in [7, 11) is -2.21. The van der Waals surface area contributed by atoms with Crippen molar-refractivity contribution in [3.63, 3.8) is 0 Å². The Kier molecular flexibility index (Phi) is 6.00. The van der Waals surface area contributed by atoms with Crippen LogP contribution in [-0.2, 0) is 10.0 Å². The molecular weight excluding hydrogens is 450 g/mol. The van der Waals surface area contributed by atoms with E-state index in [0.29, 0.717) is 18.7 Å².